The van der Waals surface area contributed by atoms with E-state index >= 15 is 0 Å². The highest BCUT2D eigenvalue weighted by atomic mass is 32.2. The lowest BCUT2D eigenvalue weighted by atomic mass is 10.1. The summed E-state index contributed by atoms with van der Waals surface area (Å²) in [4.78, 5) is 25.6. The van der Waals surface area contributed by atoms with Crippen molar-refractivity contribution in [1.29, 1.82) is 0 Å². The number of nitrogens with one attached hydrogen (secondary N) is 1. The van der Waals surface area contributed by atoms with Gasteiger partial charge in [-0.25, -0.2) is 18.4 Å². The maximum atomic E-state index is 12.8. The molecule has 0 radical (unpaired) electrons. The smallest absolute Gasteiger partial charge is 0.254 e. The molecule has 1 aromatic carbocycles. The van der Waals surface area contributed by atoms with Crippen molar-refractivity contribution in [2.24, 2.45) is 0 Å². The standard InChI is InChI=1S/C18H23N5O3S/c1-13-11-14(2)20-18(19-13)23-9-7-22(8-10-23)17(24)15-5-4-6-16(12-15)21-27(3,25)26/h4-6,11-12,21H,7-10H2,1-3H3. The summed E-state index contributed by atoms with van der Waals surface area (Å²) in [7, 11) is -3.38. The van der Waals surface area contributed by atoms with Gasteiger partial charge >= 0.3 is 0 Å². The molecule has 2 heterocycles. The van der Waals surface area contributed by atoms with E-state index in [4.69, 9.17) is 0 Å². The second kappa shape index (κ2) is 7.51. The van der Waals surface area contributed by atoms with Crippen LogP contribution in [0.5, 0.6) is 0 Å². The molecule has 1 N–H and O–H groups in total. The molecule has 0 saturated carbocycles. The van der Waals surface area contributed by atoms with Gasteiger partial charge in [-0.3, -0.25) is 9.52 Å². The van der Waals surface area contributed by atoms with E-state index in [9.17, 15) is 13.2 Å². The predicted molar refractivity (Wildman–Crippen MR) is 105 cm³/mol. The Morgan fingerprint density at radius 2 is 1.67 bits per heavy atom. The lowest BCUT2D eigenvalue weighted by Gasteiger charge is -2.35. The van der Waals surface area contributed by atoms with Gasteiger partial charge in [0.2, 0.25) is 16.0 Å². The number of amides is 1. The number of piperazine rings is 1. The van der Waals surface area contributed by atoms with Crippen LogP contribution in [0.15, 0.2) is 30.3 Å². The third kappa shape index (κ3) is 4.94. The van der Waals surface area contributed by atoms with E-state index in [1.165, 1.54) is 0 Å². The van der Waals surface area contributed by atoms with E-state index in [1.54, 1.807) is 29.2 Å². The minimum Gasteiger partial charge on any atom is -0.337 e. The zero-order chi connectivity index (χ0) is 19.6. The van der Waals surface area contributed by atoms with E-state index in [0.717, 1.165) is 17.6 Å². The van der Waals surface area contributed by atoms with Gasteiger partial charge in [-0.05, 0) is 38.1 Å². The summed E-state index contributed by atoms with van der Waals surface area (Å²) in [6.07, 6.45) is 1.08. The van der Waals surface area contributed by atoms with E-state index < -0.39 is 10.0 Å². The molecule has 1 aliphatic heterocycles. The van der Waals surface area contributed by atoms with Crippen LogP contribution in [0.1, 0.15) is 21.7 Å². The molecule has 3 rings (SSSR count). The summed E-state index contributed by atoms with van der Waals surface area (Å²) >= 11 is 0. The van der Waals surface area contributed by atoms with Gasteiger partial charge in [-0.2, -0.15) is 0 Å². The molecular formula is C18H23N5O3S. The molecular weight excluding hydrogens is 366 g/mol. The van der Waals surface area contributed by atoms with Crippen molar-refractivity contribution in [2.75, 3.05) is 42.1 Å². The summed E-state index contributed by atoms with van der Waals surface area (Å²) in [5.41, 5.74) is 2.68. The van der Waals surface area contributed by atoms with Crippen LogP contribution in [-0.4, -0.2) is 61.6 Å². The van der Waals surface area contributed by atoms with Crippen LogP contribution in [-0.2, 0) is 10.0 Å². The number of nitrogens with zero attached hydrogens (tertiary/aromatic N) is 4. The van der Waals surface area contributed by atoms with Crippen molar-refractivity contribution in [3.8, 4) is 0 Å². The zero-order valence-corrected chi connectivity index (χ0v) is 16.5. The SMILES string of the molecule is Cc1cc(C)nc(N2CCN(C(=O)c3cccc(NS(C)(=O)=O)c3)CC2)n1. The fourth-order valence-corrected chi connectivity index (χ4v) is 3.63. The fourth-order valence-electron chi connectivity index (χ4n) is 3.07. The molecule has 0 atom stereocenters. The van der Waals surface area contributed by atoms with Gasteiger partial charge in [0.25, 0.3) is 5.91 Å². The Bertz CT molecular complexity index is 933. The number of rotatable bonds is 4. The summed E-state index contributed by atoms with van der Waals surface area (Å²) in [5, 5.41) is 0. The van der Waals surface area contributed by atoms with Crippen molar-refractivity contribution in [3.05, 3.63) is 47.3 Å². The maximum absolute atomic E-state index is 12.8. The third-order valence-electron chi connectivity index (χ3n) is 4.23. The minimum atomic E-state index is -3.38. The zero-order valence-electron chi connectivity index (χ0n) is 15.6. The van der Waals surface area contributed by atoms with Crippen LogP contribution >= 0.6 is 0 Å². The van der Waals surface area contributed by atoms with E-state index in [-0.39, 0.29) is 5.91 Å². The highest BCUT2D eigenvalue weighted by molar-refractivity contribution is 7.92. The Labute approximate surface area is 159 Å². The van der Waals surface area contributed by atoms with Crippen molar-refractivity contribution < 1.29 is 13.2 Å². The molecule has 27 heavy (non-hydrogen) atoms. The summed E-state index contributed by atoms with van der Waals surface area (Å²) in [5.74, 6) is 0.576. The number of sulfonamides is 1. The normalized spacial score (nSPS) is 14.9. The summed E-state index contributed by atoms with van der Waals surface area (Å²) < 4.78 is 25.2. The van der Waals surface area contributed by atoms with Crippen LogP contribution in [0.25, 0.3) is 0 Å². The number of hydrogen-bond acceptors (Lipinski definition) is 6. The average Bonchev–Trinajstić information content (AvgIpc) is 2.59. The summed E-state index contributed by atoms with van der Waals surface area (Å²) in [6, 6.07) is 8.46. The number of aryl methyl sites for hydroxylation is 2. The molecule has 1 aromatic heterocycles. The maximum Gasteiger partial charge on any atom is 0.254 e. The fraction of sp³-hybridized carbons (Fsp3) is 0.389. The molecule has 1 fully saturated rings. The van der Waals surface area contributed by atoms with Gasteiger partial charge < -0.3 is 9.80 Å². The molecule has 1 amide bonds. The molecule has 1 saturated heterocycles. The van der Waals surface area contributed by atoms with E-state index in [2.05, 4.69) is 19.6 Å². The van der Waals surface area contributed by atoms with Gasteiger partial charge in [0.05, 0.1) is 6.26 Å². The number of anilines is 2. The minimum absolute atomic E-state index is 0.117. The van der Waals surface area contributed by atoms with Crippen LogP contribution in [0.3, 0.4) is 0 Å². The van der Waals surface area contributed by atoms with E-state index in [1.807, 2.05) is 19.9 Å². The van der Waals surface area contributed by atoms with Gasteiger partial charge in [0.15, 0.2) is 0 Å². The molecule has 0 spiro atoms. The first-order valence-electron chi connectivity index (χ1n) is 8.66. The Kier molecular flexibility index (Phi) is 5.31. The van der Waals surface area contributed by atoms with Crippen LogP contribution in [0.2, 0.25) is 0 Å². The van der Waals surface area contributed by atoms with Crippen LogP contribution in [0.4, 0.5) is 11.6 Å². The third-order valence-corrected chi connectivity index (χ3v) is 4.84. The number of carbonyl (C=O) groups is 1. The number of carbonyl (C=O) groups excluding carboxylic acids is 1. The van der Waals surface area contributed by atoms with Gasteiger partial charge in [0.1, 0.15) is 0 Å². The summed E-state index contributed by atoms with van der Waals surface area (Å²) in [6.45, 7) is 6.29. The average molecular weight is 389 g/mol. The topological polar surface area (TPSA) is 95.5 Å². The predicted octanol–water partition coefficient (Wildman–Crippen LogP) is 1.43. The monoisotopic (exact) mass is 389 g/mol. The van der Waals surface area contributed by atoms with Gasteiger partial charge in [-0.1, -0.05) is 6.07 Å². The number of aromatic nitrogens is 2. The van der Waals surface area contributed by atoms with Gasteiger partial charge in [-0.15, -0.1) is 0 Å². The molecule has 8 nitrogen and oxygen atoms in total. The van der Waals surface area contributed by atoms with Crippen LogP contribution < -0.4 is 9.62 Å². The van der Waals surface area contributed by atoms with Crippen molar-refractivity contribution in [3.63, 3.8) is 0 Å². The molecule has 1 aliphatic rings. The van der Waals surface area contributed by atoms with Crippen molar-refractivity contribution in [2.45, 2.75) is 13.8 Å². The molecule has 144 valence electrons. The number of benzene rings is 1. The Balaban J connectivity index is 1.67. The highest BCUT2D eigenvalue weighted by Crippen LogP contribution is 2.17. The molecule has 0 unspecified atom stereocenters. The Morgan fingerprint density at radius 1 is 1.04 bits per heavy atom. The molecule has 2 aromatic rings. The molecule has 0 aliphatic carbocycles. The second-order valence-electron chi connectivity index (χ2n) is 6.68. The first-order valence-corrected chi connectivity index (χ1v) is 10.5. The van der Waals surface area contributed by atoms with Crippen molar-refractivity contribution >= 4 is 27.6 Å². The van der Waals surface area contributed by atoms with Crippen molar-refractivity contribution in [1.82, 2.24) is 14.9 Å². The Hall–Kier alpha value is -2.68. The van der Waals surface area contributed by atoms with Crippen LogP contribution in [0, 0.1) is 13.8 Å². The molecule has 0 bridgehead atoms. The quantitative estimate of drug-likeness (QED) is 0.850. The first-order chi connectivity index (χ1) is 12.7. The second-order valence-corrected chi connectivity index (χ2v) is 8.43. The lowest BCUT2D eigenvalue weighted by Crippen LogP contribution is -2.49. The highest BCUT2D eigenvalue weighted by Gasteiger charge is 2.24. The Morgan fingerprint density at radius 3 is 2.26 bits per heavy atom. The van der Waals surface area contributed by atoms with E-state index in [0.29, 0.717) is 43.4 Å². The van der Waals surface area contributed by atoms with Gasteiger partial charge in [0, 0.05) is 48.8 Å². The lowest BCUT2D eigenvalue weighted by molar-refractivity contribution is 0.0746. The molecule has 9 heteroatoms. The largest absolute Gasteiger partial charge is 0.337 e. The number of hydrogen-bond donors (Lipinski definition) is 1. The first kappa shape index (κ1) is 19.1.